The van der Waals surface area contributed by atoms with E-state index in [1.54, 1.807) is 42.5 Å². The second-order valence-electron chi connectivity index (χ2n) is 5.88. The van der Waals surface area contributed by atoms with Crippen LogP contribution in [0.15, 0.2) is 59.5 Å². The average molecular weight is 370 g/mol. The van der Waals surface area contributed by atoms with E-state index in [1.807, 2.05) is 6.07 Å². The van der Waals surface area contributed by atoms with Gasteiger partial charge in [-0.25, -0.2) is 0 Å². The van der Waals surface area contributed by atoms with Crippen LogP contribution in [0.25, 0.3) is 10.8 Å². The molecule has 1 N–H and O–H groups in total. The van der Waals surface area contributed by atoms with E-state index in [2.05, 4.69) is 4.98 Å². The van der Waals surface area contributed by atoms with Gasteiger partial charge in [-0.2, -0.15) is 0 Å². The molecular formula is C20H16ClNO4. The third-order valence-electron chi connectivity index (χ3n) is 3.98. The number of hydrogen-bond donors (Lipinski definition) is 1. The number of Topliss-reactive ketones (excluding diaryl/α,β-unsaturated/α-hetero) is 1. The maximum atomic E-state index is 12.8. The third-order valence-corrected chi connectivity index (χ3v) is 4.34. The number of ketones is 1. The predicted octanol–water partition coefficient (Wildman–Crippen LogP) is 3.60. The number of aromatic amines is 1. The number of ether oxygens (including phenoxy) is 1. The van der Waals surface area contributed by atoms with E-state index in [0.29, 0.717) is 26.9 Å². The van der Waals surface area contributed by atoms with Gasteiger partial charge in [0, 0.05) is 30.0 Å². The van der Waals surface area contributed by atoms with Gasteiger partial charge < -0.3 is 9.72 Å². The molecule has 0 aliphatic heterocycles. The molecule has 0 aliphatic rings. The van der Waals surface area contributed by atoms with Crippen LogP contribution in [0.3, 0.4) is 0 Å². The highest BCUT2D eigenvalue weighted by molar-refractivity contribution is 6.32. The molecule has 1 unspecified atom stereocenters. The second kappa shape index (κ2) is 7.54. The molecule has 0 radical (unpaired) electrons. The summed E-state index contributed by atoms with van der Waals surface area (Å²) in [5.41, 5.74) is 0.924. The minimum atomic E-state index is -1.00. The Morgan fingerprint density at radius 2 is 1.88 bits per heavy atom. The lowest BCUT2D eigenvalue weighted by Gasteiger charge is -2.17. The predicted molar refractivity (Wildman–Crippen MR) is 99.2 cm³/mol. The summed E-state index contributed by atoms with van der Waals surface area (Å²) >= 11 is 6.26. The number of H-pyrrole nitrogens is 1. The summed E-state index contributed by atoms with van der Waals surface area (Å²) < 4.78 is 5.23. The number of aromatic nitrogens is 1. The number of carbonyl (C=O) groups is 2. The third kappa shape index (κ3) is 3.83. The lowest BCUT2D eigenvalue weighted by atomic mass is 9.98. The van der Waals surface area contributed by atoms with Crippen molar-refractivity contribution in [2.24, 2.45) is 0 Å². The maximum absolute atomic E-state index is 12.8. The van der Waals surface area contributed by atoms with E-state index >= 15 is 0 Å². The number of nitrogens with one attached hydrogen (secondary N) is 1. The van der Waals surface area contributed by atoms with Crippen molar-refractivity contribution in [2.75, 3.05) is 0 Å². The normalized spacial score (nSPS) is 11.9. The Morgan fingerprint density at radius 1 is 1.15 bits per heavy atom. The highest BCUT2D eigenvalue weighted by Gasteiger charge is 2.24. The summed E-state index contributed by atoms with van der Waals surface area (Å²) in [4.78, 5) is 38.6. The molecule has 1 aromatic heterocycles. The van der Waals surface area contributed by atoms with Crippen molar-refractivity contribution < 1.29 is 14.3 Å². The van der Waals surface area contributed by atoms with Crippen molar-refractivity contribution in [2.45, 2.75) is 19.4 Å². The Hall–Kier alpha value is -2.92. The summed E-state index contributed by atoms with van der Waals surface area (Å²) in [6, 6.07) is 13.8. The van der Waals surface area contributed by atoms with E-state index in [4.69, 9.17) is 16.3 Å². The molecule has 3 aromatic rings. The molecule has 0 aliphatic carbocycles. The van der Waals surface area contributed by atoms with Gasteiger partial charge in [-0.15, -0.1) is 0 Å². The van der Waals surface area contributed by atoms with Gasteiger partial charge in [0.2, 0.25) is 0 Å². The topological polar surface area (TPSA) is 76.2 Å². The molecule has 0 amide bonds. The lowest BCUT2D eigenvalue weighted by Crippen LogP contribution is -2.20. The number of pyridine rings is 1. The van der Waals surface area contributed by atoms with Crippen LogP contribution in [-0.4, -0.2) is 16.7 Å². The molecule has 132 valence electrons. The Bertz CT molecular complexity index is 1030. The monoisotopic (exact) mass is 369 g/mol. The first-order valence-electron chi connectivity index (χ1n) is 8.00. The molecule has 0 fully saturated rings. The van der Waals surface area contributed by atoms with E-state index in [9.17, 15) is 14.4 Å². The van der Waals surface area contributed by atoms with Crippen molar-refractivity contribution in [3.8, 4) is 0 Å². The van der Waals surface area contributed by atoms with Gasteiger partial charge in [0.05, 0.1) is 0 Å². The van der Waals surface area contributed by atoms with Crippen molar-refractivity contribution in [3.63, 3.8) is 0 Å². The van der Waals surface area contributed by atoms with Crippen molar-refractivity contribution in [1.29, 1.82) is 0 Å². The van der Waals surface area contributed by atoms with E-state index in [1.165, 1.54) is 13.1 Å². The fourth-order valence-electron chi connectivity index (χ4n) is 2.79. The quantitative estimate of drug-likeness (QED) is 0.697. The number of fused-ring (bicyclic) bond motifs is 1. The van der Waals surface area contributed by atoms with E-state index in [-0.39, 0.29) is 17.8 Å². The van der Waals surface area contributed by atoms with Crippen LogP contribution in [0.5, 0.6) is 0 Å². The van der Waals surface area contributed by atoms with Crippen LogP contribution in [0.2, 0.25) is 5.02 Å². The average Bonchev–Trinajstić information content (AvgIpc) is 2.62. The zero-order valence-electron chi connectivity index (χ0n) is 14.0. The van der Waals surface area contributed by atoms with Gasteiger partial charge in [-0.3, -0.25) is 14.4 Å². The van der Waals surface area contributed by atoms with Crippen LogP contribution in [-0.2, 0) is 20.7 Å². The lowest BCUT2D eigenvalue weighted by molar-refractivity contribution is -0.153. The molecular weight excluding hydrogens is 354 g/mol. The Morgan fingerprint density at radius 3 is 2.58 bits per heavy atom. The molecule has 1 atom stereocenters. The van der Waals surface area contributed by atoms with Crippen LogP contribution >= 0.6 is 11.6 Å². The minimum absolute atomic E-state index is 0.0194. The number of hydrogen-bond acceptors (Lipinski definition) is 4. The van der Waals surface area contributed by atoms with Crippen LogP contribution < -0.4 is 5.56 Å². The number of halogens is 1. The Balaban J connectivity index is 1.94. The van der Waals surface area contributed by atoms with Gasteiger partial charge in [0.15, 0.2) is 11.9 Å². The highest BCUT2D eigenvalue weighted by Crippen LogP contribution is 2.26. The number of esters is 1. The largest absolute Gasteiger partial charge is 0.450 e. The highest BCUT2D eigenvalue weighted by atomic mass is 35.5. The van der Waals surface area contributed by atoms with Crippen LogP contribution in [0, 0.1) is 0 Å². The minimum Gasteiger partial charge on any atom is -0.450 e. The summed E-state index contributed by atoms with van der Waals surface area (Å²) in [6.45, 7) is 1.26. The first kappa shape index (κ1) is 17.9. The summed E-state index contributed by atoms with van der Waals surface area (Å²) in [7, 11) is 0. The van der Waals surface area contributed by atoms with Gasteiger partial charge in [-0.05, 0) is 34.7 Å². The summed E-state index contributed by atoms with van der Waals surface area (Å²) in [5.74, 6) is -0.833. The van der Waals surface area contributed by atoms with Crippen LogP contribution in [0.1, 0.15) is 24.2 Å². The van der Waals surface area contributed by atoms with Gasteiger partial charge in [0.25, 0.3) is 5.56 Å². The zero-order valence-corrected chi connectivity index (χ0v) is 14.7. The Kier molecular flexibility index (Phi) is 5.19. The second-order valence-corrected chi connectivity index (χ2v) is 6.29. The van der Waals surface area contributed by atoms with Crippen molar-refractivity contribution >= 4 is 34.1 Å². The van der Waals surface area contributed by atoms with Crippen molar-refractivity contribution in [1.82, 2.24) is 4.98 Å². The van der Waals surface area contributed by atoms with Gasteiger partial charge in [-0.1, -0.05) is 41.9 Å². The van der Waals surface area contributed by atoms with Crippen molar-refractivity contribution in [3.05, 3.63) is 81.2 Å². The standard InChI is InChI=1S/C20H16ClNO4/c1-12(23)26-19(13-5-3-2-4-6-13)18(24)10-15-9-14-7-8-22-20(25)16(14)11-17(15)21/h2-9,11,19H,10H2,1H3,(H,22,25). The van der Waals surface area contributed by atoms with Gasteiger partial charge >= 0.3 is 5.97 Å². The fourth-order valence-corrected chi connectivity index (χ4v) is 3.02. The molecule has 26 heavy (non-hydrogen) atoms. The summed E-state index contributed by atoms with van der Waals surface area (Å²) in [6.07, 6.45) is 0.518. The molecule has 0 saturated carbocycles. The maximum Gasteiger partial charge on any atom is 0.303 e. The molecule has 5 nitrogen and oxygen atoms in total. The SMILES string of the molecule is CC(=O)OC(C(=O)Cc1cc2cc[nH]c(=O)c2cc1Cl)c1ccccc1. The summed E-state index contributed by atoms with van der Waals surface area (Å²) in [5, 5.41) is 1.45. The molecule has 1 heterocycles. The molecule has 0 saturated heterocycles. The fraction of sp³-hybridized carbons (Fsp3) is 0.150. The number of rotatable bonds is 5. The number of carbonyl (C=O) groups excluding carboxylic acids is 2. The number of benzene rings is 2. The molecule has 2 aromatic carbocycles. The molecule has 0 bridgehead atoms. The molecule has 6 heteroatoms. The van der Waals surface area contributed by atoms with Crippen LogP contribution in [0.4, 0.5) is 0 Å². The van der Waals surface area contributed by atoms with E-state index < -0.39 is 12.1 Å². The smallest absolute Gasteiger partial charge is 0.303 e. The first-order valence-corrected chi connectivity index (χ1v) is 8.38. The Labute approximate surface area is 154 Å². The molecule has 0 spiro atoms. The first-order chi connectivity index (χ1) is 12.5. The van der Waals surface area contributed by atoms with Gasteiger partial charge in [0.1, 0.15) is 0 Å². The van der Waals surface area contributed by atoms with E-state index in [0.717, 1.165) is 0 Å². The zero-order chi connectivity index (χ0) is 18.7. The molecule has 3 rings (SSSR count).